The third kappa shape index (κ3) is 6.33. The molecule has 14 heteroatoms. The molecule has 0 radical (unpaired) electrons. The Labute approximate surface area is 141 Å². The highest BCUT2D eigenvalue weighted by Crippen LogP contribution is 2.24. The zero-order valence-electron chi connectivity index (χ0n) is 13.0. The van der Waals surface area contributed by atoms with Gasteiger partial charge in [-0.05, 0) is 0 Å². The molecule has 2 amide bonds. The molecule has 0 aromatic carbocycles. The second-order valence-electron chi connectivity index (χ2n) is 5.22. The maximum Gasteiger partial charge on any atom is 0.471 e. The van der Waals surface area contributed by atoms with Gasteiger partial charge in [0.25, 0.3) is 0 Å². The molecule has 0 unspecified atom stereocenters. The van der Waals surface area contributed by atoms with Crippen LogP contribution in [0.4, 0.5) is 26.3 Å². The maximum atomic E-state index is 12.4. The Morgan fingerprint density at radius 1 is 1.12 bits per heavy atom. The smallest absolute Gasteiger partial charge is 0.458 e. The van der Waals surface area contributed by atoms with E-state index in [1.165, 1.54) is 10.6 Å². The van der Waals surface area contributed by atoms with Gasteiger partial charge in [0.2, 0.25) is 0 Å². The van der Waals surface area contributed by atoms with Gasteiger partial charge < -0.3 is 25.2 Å². The second-order valence-corrected chi connectivity index (χ2v) is 5.22. The summed E-state index contributed by atoms with van der Waals surface area (Å²) in [6.07, 6.45) is -16.3. The standard InChI is InChI=1S/C12H14F6N2O6/c1-4(21)25-8-5(20-10(24)12(16,17)18)2-7(22)26-6(8)3-19-9(23)11(13,14)15/h5-8,22H,2-3H2,1H3,(H,19,23)(H,20,24)/t5-,6-,7+,8-/m0/s1. The number of esters is 1. The van der Waals surface area contributed by atoms with Crippen molar-refractivity contribution in [2.24, 2.45) is 0 Å². The van der Waals surface area contributed by atoms with E-state index in [0.29, 0.717) is 0 Å². The van der Waals surface area contributed by atoms with E-state index >= 15 is 0 Å². The van der Waals surface area contributed by atoms with Crippen LogP contribution < -0.4 is 10.6 Å². The molecule has 1 aliphatic rings. The summed E-state index contributed by atoms with van der Waals surface area (Å²) in [5, 5.41) is 12.4. The Balaban J connectivity index is 2.93. The third-order valence-electron chi connectivity index (χ3n) is 3.15. The second kappa shape index (κ2) is 8.07. The number of rotatable bonds is 4. The number of aliphatic hydroxyl groups is 1. The van der Waals surface area contributed by atoms with E-state index in [-0.39, 0.29) is 0 Å². The zero-order valence-corrected chi connectivity index (χ0v) is 13.0. The van der Waals surface area contributed by atoms with Crippen LogP contribution in [0, 0.1) is 0 Å². The van der Waals surface area contributed by atoms with Gasteiger partial charge >= 0.3 is 30.1 Å². The summed E-state index contributed by atoms with van der Waals surface area (Å²) in [6, 6.07) is -1.62. The van der Waals surface area contributed by atoms with Crippen molar-refractivity contribution in [3.8, 4) is 0 Å². The fraction of sp³-hybridized carbons (Fsp3) is 0.750. The van der Waals surface area contributed by atoms with Crippen molar-refractivity contribution in [1.29, 1.82) is 0 Å². The van der Waals surface area contributed by atoms with Crippen molar-refractivity contribution in [1.82, 2.24) is 10.6 Å². The predicted octanol–water partition coefficient (Wildman–Crippen LogP) is -0.249. The molecule has 0 bridgehead atoms. The van der Waals surface area contributed by atoms with Crippen LogP contribution in [0.5, 0.6) is 0 Å². The van der Waals surface area contributed by atoms with Crippen LogP contribution in [0.25, 0.3) is 0 Å². The SMILES string of the molecule is CC(=O)O[C@H]1[C@@H](NC(=O)C(F)(F)F)C[C@H](O)O[C@H]1CNC(=O)C(F)(F)F. The van der Waals surface area contributed by atoms with Gasteiger partial charge in [0.1, 0.15) is 12.2 Å². The van der Waals surface area contributed by atoms with Gasteiger partial charge in [-0.1, -0.05) is 0 Å². The average Bonchev–Trinajstić information content (AvgIpc) is 2.45. The van der Waals surface area contributed by atoms with Crippen molar-refractivity contribution in [2.75, 3.05) is 6.54 Å². The van der Waals surface area contributed by atoms with E-state index in [2.05, 4.69) is 0 Å². The fourth-order valence-corrected chi connectivity index (χ4v) is 2.14. The Bertz CT molecular complexity index is 551. The Morgan fingerprint density at radius 3 is 2.12 bits per heavy atom. The molecule has 8 nitrogen and oxygen atoms in total. The summed E-state index contributed by atoms with van der Waals surface area (Å²) in [4.78, 5) is 33.0. The quantitative estimate of drug-likeness (QED) is 0.446. The third-order valence-corrected chi connectivity index (χ3v) is 3.15. The van der Waals surface area contributed by atoms with Crippen molar-refractivity contribution in [2.45, 2.75) is 50.2 Å². The number of hydrogen-bond donors (Lipinski definition) is 3. The highest BCUT2D eigenvalue weighted by Gasteiger charge is 2.47. The number of carbonyl (C=O) groups excluding carboxylic acids is 3. The van der Waals surface area contributed by atoms with Crippen LogP contribution >= 0.6 is 0 Å². The van der Waals surface area contributed by atoms with Gasteiger partial charge in [-0.3, -0.25) is 14.4 Å². The van der Waals surface area contributed by atoms with Crippen LogP contribution in [0.2, 0.25) is 0 Å². The molecule has 1 heterocycles. The molecule has 1 fully saturated rings. The molecule has 0 spiro atoms. The Kier molecular flexibility index (Phi) is 6.82. The molecule has 1 aliphatic heterocycles. The number of alkyl halides is 6. The lowest BCUT2D eigenvalue weighted by molar-refractivity contribution is -0.221. The van der Waals surface area contributed by atoms with Gasteiger partial charge in [0.15, 0.2) is 6.29 Å². The molecule has 0 saturated carbocycles. The topological polar surface area (TPSA) is 114 Å². The number of ether oxygens (including phenoxy) is 2. The summed E-state index contributed by atoms with van der Waals surface area (Å²) in [6.45, 7) is -0.0925. The number of halogens is 6. The first-order chi connectivity index (χ1) is 11.7. The summed E-state index contributed by atoms with van der Waals surface area (Å²) in [5.74, 6) is -5.82. The van der Waals surface area contributed by atoms with Gasteiger partial charge in [-0.25, -0.2) is 0 Å². The van der Waals surface area contributed by atoms with Gasteiger partial charge in [-0.2, -0.15) is 26.3 Å². The molecule has 0 aromatic heterocycles. The molecular weight excluding hydrogens is 382 g/mol. The van der Waals surface area contributed by atoms with Crippen LogP contribution in [0.3, 0.4) is 0 Å². The molecule has 3 N–H and O–H groups in total. The van der Waals surface area contributed by atoms with E-state index < -0.39 is 67.6 Å². The van der Waals surface area contributed by atoms with Crippen molar-refractivity contribution in [3.05, 3.63) is 0 Å². The van der Waals surface area contributed by atoms with Gasteiger partial charge in [-0.15, -0.1) is 0 Å². The summed E-state index contributed by atoms with van der Waals surface area (Å²) in [5.41, 5.74) is 0. The Hall–Kier alpha value is -2.09. The summed E-state index contributed by atoms with van der Waals surface area (Å²) in [7, 11) is 0. The largest absolute Gasteiger partial charge is 0.471 e. The molecule has 0 aromatic rings. The lowest BCUT2D eigenvalue weighted by Crippen LogP contribution is -2.61. The lowest BCUT2D eigenvalue weighted by atomic mass is 9.97. The highest BCUT2D eigenvalue weighted by atomic mass is 19.4. The number of nitrogens with one attached hydrogen (secondary N) is 2. The highest BCUT2D eigenvalue weighted by molar-refractivity contribution is 5.82. The van der Waals surface area contributed by atoms with Crippen LogP contribution in [0.1, 0.15) is 13.3 Å². The zero-order chi connectivity index (χ0) is 20.3. The van der Waals surface area contributed by atoms with E-state index in [4.69, 9.17) is 9.47 Å². The number of amides is 2. The first-order valence-corrected chi connectivity index (χ1v) is 6.95. The normalized spacial score (nSPS) is 26.8. The average molecular weight is 396 g/mol. The minimum Gasteiger partial charge on any atom is -0.458 e. The van der Waals surface area contributed by atoms with Crippen molar-refractivity contribution >= 4 is 17.8 Å². The first kappa shape index (κ1) is 22.0. The molecule has 4 atom stereocenters. The van der Waals surface area contributed by atoms with Crippen LogP contribution in [-0.4, -0.2) is 66.3 Å². The Morgan fingerprint density at radius 2 is 1.65 bits per heavy atom. The molecule has 0 aliphatic carbocycles. The number of hydrogen-bond acceptors (Lipinski definition) is 6. The first-order valence-electron chi connectivity index (χ1n) is 6.95. The summed E-state index contributed by atoms with van der Waals surface area (Å²) < 4.78 is 83.3. The van der Waals surface area contributed by atoms with Crippen LogP contribution in [-0.2, 0) is 23.9 Å². The van der Waals surface area contributed by atoms with E-state index in [0.717, 1.165) is 6.92 Å². The monoisotopic (exact) mass is 396 g/mol. The minimum atomic E-state index is -5.29. The van der Waals surface area contributed by atoms with E-state index in [1.54, 1.807) is 0 Å². The van der Waals surface area contributed by atoms with Gasteiger partial charge in [0, 0.05) is 19.9 Å². The van der Waals surface area contributed by atoms with E-state index in [9.17, 15) is 45.8 Å². The van der Waals surface area contributed by atoms with Crippen molar-refractivity contribution in [3.63, 3.8) is 0 Å². The van der Waals surface area contributed by atoms with Crippen molar-refractivity contribution < 1.29 is 55.3 Å². The molecular formula is C12H14F6N2O6. The summed E-state index contributed by atoms with van der Waals surface area (Å²) >= 11 is 0. The van der Waals surface area contributed by atoms with E-state index in [1.807, 2.05) is 0 Å². The van der Waals surface area contributed by atoms with Gasteiger partial charge in [0.05, 0.1) is 6.04 Å². The van der Waals surface area contributed by atoms with Crippen LogP contribution in [0.15, 0.2) is 0 Å². The lowest BCUT2D eigenvalue weighted by Gasteiger charge is -2.39. The molecule has 150 valence electrons. The molecule has 26 heavy (non-hydrogen) atoms. The fourth-order valence-electron chi connectivity index (χ4n) is 2.14. The maximum absolute atomic E-state index is 12.4. The number of aliphatic hydroxyl groups excluding tert-OH is 1. The molecule has 1 rings (SSSR count). The predicted molar refractivity (Wildman–Crippen MR) is 68.1 cm³/mol. The number of carbonyl (C=O) groups is 3. The molecule has 1 saturated heterocycles. The minimum absolute atomic E-state index is 0.635.